The van der Waals surface area contributed by atoms with Gasteiger partial charge >= 0.3 is 0 Å². The Morgan fingerprint density at radius 2 is 1.97 bits per heavy atom. The first-order chi connectivity index (χ1) is 15.4. The van der Waals surface area contributed by atoms with Crippen molar-refractivity contribution in [2.24, 2.45) is 16.1 Å². The predicted octanol–water partition coefficient (Wildman–Crippen LogP) is 7.16. The molecule has 6 nitrogen and oxygen atoms in total. The summed E-state index contributed by atoms with van der Waals surface area (Å²) in [5.74, 6) is 0.194. The molecule has 0 fully saturated rings. The van der Waals surface area contributed by atoms with Crippen LogP contribution in [0.25, 0.3) is 0 Å². The average Bonchev–Trinajstić information content (AvgIpc) is 3.16. The minimum Gasteiger partial charge on any atom is -0.367 e. The van der Waals surface area contributed by atoms with Gasteiger partial charge in [0.05, 0.1) is 16.4 Å². The van der Waals surface area contributed by atoms with Crippen LogP contribution >= 0.6 is 23.8 Å². The molecule has 3 aromatic rings. The third-order valence-electron chi connectivity index (χ3n) is 4.93. The molecule has 0 saturated heterocycles. The van der Waals surface area contributed by atoms with Crippen molar-refractivity contribution in [2.75, 3.05) is 16.8 Å². The second kappa shape index (κ2) is 10.9. The van der Waals surface area contributed by atoms with Gasteiger partial charge in [0.2, 0.25) is 0 Å². The zero-order chi connectivity index (χ0) is 23.1. The SMILES string of the molecule is CCN(Cc1ccccc1)c1ccc(N=Nc2snc(C)c2C#N)c(NC(=S)C(C)C)c1. The first kappa shape index (κ1) is 23.5. The molecule has 32 heavy (non-hydrogen) atoms. The largest absolute Gasteiger partial charge is 0.367 e. The van der Waals surface area contributed by atoms with Crippen LogP contribution in [0.15, 0.2) is 58.8 Å². The summed E-state index contributed by atoms with van der Waals surface area (Å²) in [6, 6.07) is 18.6. The zero-order valence-corrected chi connectivity index (χ0v) is 20.3. The van der Waals surface area contributed by atoms with Crippen LogP contribution in [0.3, 0.4) is 0 Å². The van der Waals surface area contributed by atoms with Crippen molar-refractivity contribution in [1.29, 1.82) is 5.26 Å². The number of nitriles is 1. The van der Waals surface area contributed by atoms with Gasteiger partial charge in [0.25, 0.3) is 0 Å². The summed E-state index contributed by atoms with van der Waals surface area (Å²) >= 11 is 6.70. The minimum absolute atomic E-state index is 0.194. The third-order valence-corrected chi connectivity index (χ3v) is 6.33. The van der Waals surface area contributed by atoms with Crippen molar-refractivity contribution < 1.29 is 0 Å². The summed E-state index contributed by atoms with van der Waals surface area (Å²) in [4.78, 5) is 3.02. The van der Waals surface area contributed by atoms with E-state index >= 15 is 0 Å². The molecule has 1 N–H and O–H groups in total. The molecule has 0 unspecified atom stereocenters. The van der Waals surface area contributed by atoms with E-state index in [4.69, 9.17) is 12.2 Å². The fourth-order valence-electron chi connectivity index (χ4n) is 3.03. The first-order valence-corrected chi connectivity index (χ1v) is 11.6. The molecule has 0 bridgehead atoms. The number of hydrogen-bond acceptors (Lipinski definition) is 7. The van der Waals surface area contributed by atoms with E-state index < -0.39 is 0 Å². The minimum atomic E-state index is 0.194. The van der Waals surface area contributed by atoms with Crippen LogP contribution in [-0.2, 0) is 6.54 Å². The average molecular weight is 463 g/mol. The van der Waals surface area contributed by atoms with Crippen molar-refractivity contribution in [3.8, 4) is 6.07 Å². The Labute approximate surface area is 198 Å². The van der Waals surface area contributed by atoms with E-state index in [1.807, 2.05) is 32.0 Å². The third kappa shape index (κ3) is 5.75. The standard InChI is InChI=1S/C24H26N6S2/c1-5-30(15-18-9-7-6-8-10-18)19-11-12-21(22(13-19)26-23(31)16(2)3)27-28-24-20(14-25)17(4)29-32-24/h6-13,16H,5,15H2,1-4H3,(H,26,31). The van der Waals surface area contributed by atoms with E-state index in [1.54, 1.807) is 6.92 Å². The molecule has 1 aromatic heterocycles. The monoisotopic (exact) mass is 462 g/mol. The van der Waals surface area contributed by atoms with Crippen LogP contribution in [0.5, 0.6) is 0 Å². The Morgan fingerprint density at radius 3 is 2.62 bits per heavy atom. The zero-order valence-electron chi connectivity index (χ0n) is 18.7. The molecule has 0 amide bonds. The maximum atomic E-state index is 9.35. The smallest absolute Gasteiger partial charge is 0.176 e. The van der Waals surface area contributed by atoms with E-state index in [-0.39, 0.29) is 5.92 Å². The highest BCUT2D eigenvalue weighted by molar-refractivity contribution is 7.80. The molecule has 0 aliphatic heterocycles. The second-order valence-electron chi connectivity index (χ2n) is 7.61. The van der Waals surface area contributed by atoms with E-state index in [0.29, 0.717) is 21.9 Å². The molecule has 2 aromatic carbocycles. The number of azo groups is 1. The van der Waals surface area contributed by atoms with Crippen LogP contribution in [-0.4, -0.2) is 15.9 Å². The summed E-state index contributed by atoms with van der Waals surface area (Å²) in [5.41, 5.74) is 4.88. The Kier molecular flexibility index (Phi) is 8.03. The first-order valence-electron chi connectivity index (χ1n) is 10.4. The normalized spacial score (nSPS) is 11.0. The van der Waals surface area contributed by atoms with Gasteiger partial charge in [-0.05, 0) is 49.1 Å². The van der Waals surface area contributed by atoms with Gasteiger partial charge in [-0.15, -0.1) is 10.2 Å². The van der Waals surface area contributed by atoms with Crippen molar-refractivity contribution in [3.05, 3.63) is 65.4 Å². The van der Waals surface area contributed by atoms with E-state index in [2.05, 4.69) is 68.1 Å². The van der Waals surface area contributed by atoms with Crippen LogP contribution in [0.4, 0.5) is 22.1 Å². The van der Waals surface area contributed by atoms with Crippen molar-refractivity contribution in [3.63, 3.8) is 0 Å². The Hall–Kier alpha value is -3.15. The van der Waals surface area contributed by atoms with Gasteiger partial charge in [0.1, 0.15) is 17.3 Å². The van der Waals surface area contributed by atoms with E-state index in [1.165, 1.54) is 17.1 Å². The maximum absolute atomic E-state index is 9.35. The van der Waals surface area contributed by atoms with Crippen LogP contribution in [0, 0.1) is 24.2 Å². The lowest BCUT2D eigenvalue weighted by molar-refractivity contribution is 0.832. The molecule has 0 aliphatic carbocycles. The highest BCUT2D eigenvalue weighted by Gasteiger charge is 2.13. The summed E-state index contributed by atoms with van der Waals surface area (Å²) in [6.45, 7) is 9.69. The molecule has 1 heterocycles. The summed E-state index contributed by atoms with van der Waals surface area (Å²) in [5, 5.41) is 21.9. The number of benzene rings is 2. The molecule has 0 radical (unpaired) electrons. The molecular formula is C24H26N6S2. The summed E-state index contributed by atoms with van der Waals surface area (Å²) in [6.07, 6.45) is 0. The molecule has 8 heteroatoms. The molecule has 164 valence electrons. The number of nitrogens with zero attached hydrogens (tertiary/aromatic N) is 5. The quantitative estimate of drug-likeness (QED) is 0.284. The molecule has 0 aliphatic rings. The number of rotatable bonds is 8. The topological polar surface area (TPSA) is 76.7 Å². The fourth-order valence-corrected chi connectivity index (χ4v) is 3.82. The summed E-state index contributed by atoms with van der Waals surface area (Å²) < 4.78 is 4.20. The van der Waals surface area contributed by atoms with Crippen molar-refractivity contribution in [1.82, 2.24) is 4.37 Å². The maximum Gasteiger partial charge on any atom is 0.176 e. The highest BCUT2D eigenvalue weighted by atomic mass is 32.1. The van der Waals surface area contributed by atoms with Gasteiger partial charge in [-0.1, -0.05) is 56.4 Å². The summed E-state index contributed by atoms with van der Waals surface area (Å²) in [7, 11) is 0. The molecule has 0 spiro atoms. The van der Waals surface area contributed by atoms with Crippen molar-refractivity contribution >= 4 is 50.8 Å². The lowest BCUT2D eigenvalue weighted by Crippen LogP contribution is -2.22. The Bertz CT molecular complexity index is 1150. The van der Waals surface area contributed by atoms with Gasteiger partial charge in [-0.25, -0.2) is 0 Å². The number of hydrogen-bond donors (Lipinski definition) is 1. The number of aromatic nitrogens is 1. The predicted molar refractivity (Wildman–Crippen MR) is 136 cm³/mol. The van der Waals surface area contributed by atoms with Gasteiger partial charge in [-0.3, -0.25) is 0 Å². The molecule has 0 atom stereocenters. The Morgan fingerprint density at radius 1 is 1.22 bits per heavy atom. The van der Waals surface area contributed by atoms with Gasteiger partial charge in [0, 0.05) is 24.7 Å². The lowest BCUT2D eigenvalue weighted by Gasteiger charge is -2.24. The van der Waals surface area contributed by atoms with Crippen LogP contribution < -0.4 is 10.2 Å². The lowest BCUT2D eigenvalue weighted by atomic mass is 10.1. The van der Waals surface area contributed by atoms with E-state index in [0.717, 1.165) is 29.5 Å². The van der Waals surface area contributed by atoms with E-state index in [9.17, 15) is 5.26 Å². The molecule has 0 saturated carbocycles. The van der Waals surface area contributed by atoms with Crippen molar-refractivity contribution in [2.45, 2.75) is 34.2 Å². The van der Waals surface area contributed by atoms with Crippen LogP contribution in [0.1, 0.15) is 37.6 Å². The molecular weight excluding hydrogens is 436 g/mol. The van der Waals surface area contributed by atoms with Gasteiger partial charge in [-0.2, -0.15) is 9.64 Å². The number of anilines is 2. The fraction of sp³-hybridized carbons (Fsp3) is 0.292. The van der Waals surface area contributed by atoms with Gasteiger partial charge < -0.3 is 10.2 Å². The number of aryl methyl sites for hydroxylation is 1. The van der Waals surface area contributed by atoms with Gasteiger partial charge in [0.15, 0.2) is 5.00 Å². The highest BCUT2D eigenvalue weighted by Crippen LogP contribution is 2.34. The number of thiocarbonyl (C=S) groups is 1. The number of nitrogens with one attached hydrogen (secondary N) is 1. The molecule has 3 rings (SSSR count). The second-order valence-corrected chi connectivity index (χ2v) is 8.80. The van der Waals surface area contributed by atoms with Crippen LogP contribution in [0.2, 0.25) is 0 Å². The Balaban J connectivity index is 1.95.